The van der Waals surface area contributed by atoms with Crippen LogP contribution in [0.5, 0.6) is 0 Å². The summed E-state index contributed by atoms with van der Waals surface area (Å²) >= 11 is 2.00. The highest BCUT2D eigenvalue weighted by molar-refractivity contribution is 7.99. The van der Waals surface area contributed by atoms with Gasteiger partial charge in [-0.3, -0.25) is 0 Å². The second-order valence-corrected chi connectivity index (χ2v) is 6.21. The second-order valence-electron chi connectivity index (χ2n) is 5.04. The molecule has 2 rings (SSSR count). The van der Waals surface area contributed by atoms with Crippen molar-refractivity contribution < 1.29 is 0 Å². The van der Waals surface area contributed by atoms with Gasteiger partial charge >= 0.3 is 0 Å². The van der Waals surface area contributed by atoms with E-state index in [1.165, 1.54) is 29.9 Å². The van der Waals surface area contributed by atoms with Gasteiger partial charge in [-0.2, -0.15) is 0 Å². The lowest BCUT2D eigenvalue weighted by Crippen LogP contribution is -2.29. The third-order valence-electron chi connectivity index (χ3n) is 4.10. The van der Waals surface area contributed by atoms with Crippen LogP contribution in [0, 0.1) is 11.8 Å². The van der Waals surface area contributed by atoms with Crippen molar-refractivity contribution >= 4 is 11.8 Å². The second kappa shape index (κ2) is 6.46. The van der Waals surface area contributed by atoms with E-state index in [2.05, 4.69) is 49.6 Å². The molecule has 17 heavy (non-hydrogen) atoms. The third kappa shape index (κ3) is 3.49. The quantitative estimate of drug-likeness (QED) is 0.797. The van der Waals surface area contributed by atoms with Gasteiger partial charge in [-0.05, 0) is 56.0 Å². The molecule has 3 unspecified atom stereocenters. The Hall–Kier alpha value is -0.470. The molecule has 0 radical (unpaired) electrons. The lowest BCUT2D eigenvalue weighted by atomic mass is 9.93. The van der Waals surface area contributed by atoms with Crippen LogP contribution >= 0.6 is 11.8 Å². The Morgan fingerprint density at radius 3 is 2.65 bits per heavy atom. The summed E-state index contributed by atoms with van der Waals surface area (Å²) in [6.07, 6.45) is 4.12. The Labute approximate surface area is 109 Å². The Bertz CT molecular complexity index is 325. The Kier molecular flexibility index (Phi) is 4.93. The first kappa shape index (κ1) is 13.0. The van der Waals surface area contributed by atoms with Crippen LogP contribution in [-0.2, 0) is 0 Å². The molecular weight excluding hydrogens is 226 g/mol. The minimum atomic E-state index is 0.752. The molecule has 1 aromatic carbocycles. The normalized spacial score (nSPS) is 28.5. The number of benzene rings is 1. The molecule has 0 spiro atoms. The van der Waals surface area contributed by atoms with Crippen molar-refractivity contribution in [3.8, 4) is 0 Å². The molecule has 0 bridgehead atoms. The Morgan fingerprint density at radius 2 is 2.00 bits per heavy atom. The largest absolute Gasteiger partial charge is 0.317 e. The van der Waals surface area contributed by atoms with Crippen molar-refractivity contribution in [1.82, 2.24) is 5.32 Å². The monoisotopic (exact) mass is 249 g/mol. The van der Waals surface area contributed by atoms with Crippen LogP contribution in [-0.4, -0.2) is 18.8 Å². The van der Waals surface area contributed by atoms with E-state index < -0.39 is 0 Å². The summed E-state index contributed by atoms with van der Waals surface area (Å²) in [6.45, 7) is 2.41. The van der Waals surface area contributed by atoms with Crippen LogP contribution in [0.2, 0.25) is 0 Å². The minimum absolute atomic E-state index is 0.752. The minimum Gasteiger partial charge on any atom is -0.317 e. The van der Waals surface area contributed by atoms with E-state index in [4.69, 9.17) is 0 Å². The van der Waals surface area contributed by atoms with E-state index in [1.807, 2.05) is 11.8 Å². The highest BCUT2D eigenvalue weighted by Gasteiger charge is 2.30. The molecule has 1 N–H and O–H groups in total. The molecular formula is C15H23NS. The average molecular weight is 249 g/mol. The fourth-order valence-corrected chi connectivity index (χ4v) is 3.91. The maximum atomic E-state index is 3.44. The van der Waals surface area contributed by atoms with E-state index in [-0.39, 0.29) is 0 Å². The standard InChI is InChI=1S/C15H23NS/c1-12-13(8-9-15(12)16-2)10-11-17-14-6-4-3-5-7-14/h3-7,12-13,15-16H,8-11H2,1-2H3. The molecule has 0 amide bonds. The van der Waals surface area contributed by atoms with E-state index in [1.54, 1.807) is 0 Å². The fourth-order valence-electron chi connectivity index (χ4n) is 2.91. The number of nitrogens with one attached hydrogen (secondary N) is 1. The molecule has 1 fully saturated rings. The van der Waals surface area contributed by atoms with Gasteiger partial charge in [0.25, 0.3) is 0 Å². The van der Waals surface area contributed by atoms with E-state index in [0.29, 0.717) is 0 Å². The first-order valence-electron chi connectivity index (χ1n) is 6.66. The molecule has 1 aromatic rings. The number of hydrogen-bond donors (Lipinski definition) is 1. The summed E-state index contributed by atoms with van der Waals surface area (Å²) in [7, 11) is 2.10. The topological polar surface area (TPSA) is 12.0 Å². The molecule has 0 aromatic heterocycles. The van der Waals surface area contributed by atoms with Gasteiger partial charge in [-0.15, -0.1) is 11.8 Å². The van der Waals surface area contributed by atoms with Gasteiger partial charge in [0.2, 0.25) is 0 Å². The van der Waals surface area contributed by atoms with Gasteiger partial charge in [-0.1, -0.05) is 25.1 Å². The fraction of sp³-hybridized carbons (Fsp3) is 0.600. The zero-order valence-electron chi connectivity index (χ0n) is 10.9. The van der Waals surface area contributed by atoms with Crippen molar-refractivity contribution in [2.45, 2.75) is 37.1 Å². The molecule has 3 atom stereocenters. The smallest absolute Gasteiger partial charge is 0.00924 e. The van der Waals surface area contributed by atoms with Crippen molar-refractivity contribution in [1.29, 1.82) is 0 Å². The summed E-state index contributed by atoms with van der Waals surface area (Å²) in [5.74, 6) is 3.02. The third-order valence-corrected chi connectivity index (χ3v) is 5.14. The summed E-state index contributed by atoms with van der Waals surface area (Å²) in [6, 6.07) is 11.5. The lowest BCUT2D eigenvalue weighted by molar-refractivity contribution is 0.359. The van der Waals surface area contributed by atoms with Gasteiger partial charge in [0, 0.05) is 10.9 Å². The molecule has 0 aliphatic heterocycles. The maximum Gasteiger partial charge on any atom is 0.00924 e. The van der Waals surface area contributed by atoms with Crippen molar-refractivity contribution in [2.24, 2.45) is 11.8 Å². The summed E-state index contributed by atoms with van der Waals surface area (Å²) in [4.78, 5) is 1.41. The highest BCUT2D eigenvalue weighted by atomic mass is 32.2. The molecule has 1 saturated carbocycles. The van der Waals surface area contributed by atoms with Crippen LogP contribution in [0.4, 0.5) is 0 Å². The Morgan fingerprint density at radius 1 is 1.24 bits per heavy atom. The first-order valence-corrected chi connectivity index (χ1v) is 7.65. The lowest BCUT2D eigenvalue weighted by Gasteiger charge is -2.20. The zero-order chi connectivity index (χ0) is 12.1. The van der Waals surface area contributed by atoms with E-state index in [9.17, 15) is 0 Å². The summed E-state index contributed by atoms with van der Waals surface area (Å²) in [5.41, 5.74) is 0. The molecule has 0 saturated heterocycles. The van der Waals surface area contributed by atoms with Gasteiger partial charge in [0.15, 0.2) is 0 Å². The summed E-state index contributed by atoms with van der Waals surface area (Å²) in [5, 5.41) is 3.44. The average Bonchev–Trinajstić information content (AvgIpc) is 2.72. The van der Waals surface area contributed by atoms with Crippen molar-refractivity contribution in [3.63, 3.8) is 0 Å². The first-order chi connectivity index (χ1) is 8.31. The van der Waals surface area contributed by atoms with Crippen molar-refractivity contribution in [3.05, 3.63) is 30.3 Å². The van der Waals surface area contributed by atoms with E-state index >= 15 is 0 Å². The van der Waals surface area contributed by atoms with Gasteiger partial charge < -0.3 is 5.32 Å². The molecule has 1 aliphatic carbocycles. The van der Waals surface area contributed by atoms with Crippen LogP contribution in [0.25, 0.3) is 0 Å². The van der Waals surface area contributed by atoms with Crippen LogP contribution < -0.4 is 5.32 Å². The number of thioether (sulfide) groups is 1. The Balaban J connectivity index is 1.73. The van der Waals surface area contributed by atoms with Crippen molar-refractivity contribution in [2.75, 3.05) is 12.8 Å². The van der Waals surface area contributed by atoms with Gasteiger partial charge in [0.05, 0.1) is 0 Å². The molecule has 1 aliphatic rings. The van der Waals surface area contributed by atoms with E-state index in [0.717, 1.165) is 17.9 Å². The van der Waals surface area contributed by atoms with Crippen LogP contribution in [0.1, 0.15) is 26.2 Å². The molecule has 2 heteroatoms. The molecule has 94 valence electrons. The molecule has 0 heterocycles. The zero-order valence-corrected chi connectivity index (χ0v) is 11.7. The number of hydrogen-bond acceptors (Lipinski definition) is 2. The predicted octanol–water partition coefficient (Wildman–Crippen LogP) is 3.80. The highest BCUT2D eigenvalue weighted by Crippen LogP contribution is 2.35. The SMILES string of the molecule is CNC1CCC(CCSc2ccccc2)C1C. The van der Waals surface area contributed by atoms with Crippen LogP contribution in [0.15, 0.2) is 35.2 Å². The summed E-state index contributed by atoms with van der Waals surface area (Å²) < 4.78 is 0. The maximum absolute atomic E-state index is 3.44. The van der Waals surface area contributed by atoms with Gasteiger partial charge in [0.1, 0.15) is 0 Å². The van der Waals surface area contributed by atoms with Crippen LogP contribution in [0.3, 0.4) is 0 Å². The number of rotatable bonds is 5. The van der Waals surface area contributed by atoms with Gasteiger partial charge in [-0.25, -0.2) is 0 Å². The molecule has 1 nitrogen and oxygen atoms in total. The predicted molar refractivity (Wildman–Crippen MR) is 76.5 cm³/mol.